The van der Waals surface area contributed by atoms with Crippen LogP contribution in [0.25, 0.3) is 0 Å². The molecule has 1 unspecified atom stereocenters. The van der Waals surface area contributed by atoms with Crippen molar-refractivity contribution < 1.29 is 24.3 Å². The molecule has 2 rings (SSSR count). The molecular formula is C11H11N3O5S. The van der Waals surface area contributed by atoms with Crippen molar-refractivity contribution in [2.24, 2.45) is 0 Å². The molecular weight excluding hydrogens is 286 g/mol. The average molecular weight is 297 g/mol. The predicted molar refractivity (Wildman–Crippen MR) is 68.0 cm³/mol. The average Bonchev–Trinajstić information content (AvgIpc) is 2.87. The lowest BCUT2D eigenvalue weighted by molar-refractivity contribution is -0.139. The first-order chi connectivity index (χ1) is 9.47. The molecule has 1 saturated heterocycles. The van der Waals surface area contributed by atoms with Crippen molar-refractivity contribution in [2.75, 3.05) is 13.1 Å². The maximum atomic E-state index is 11.9. The van der Waals surface area contributed by atoms with Gasteiger partial charge in [0.15, 0.2) is 6.04 Å². The Kier molecular flexibility index (Phi) is 3.99. The lowest BCUT2D eigenvalue weighted by Crippen LogP contribution is -2.56. The monoisotopic (exact) mass is 297 g/mol. The van der Waals surface area contributed by atoms with Crippen molar-refractivity contribution in [3.63, 3.8) is 0 Å². The number of carboxylic acids is 1. The fourth-order valence-electron chi connectivity index (χ4n) is 1.71. The Morgan fingerprint density at radius 1 is 1.35 bits per heavy atom. The number of hydrogen-bond donors (Lipinski definition) is 3. The molecule has 106 valence electrons. The number of carbonyl (C=O) groups is 4. The van der Waals surface area contributed by atoms with E-state index in [9.17, 15) is 19.2 Å². The minimum absolute atomic E-state index is 0.283. The normalized spacial score (nSPS) is 16.5. The number of carboxylic acid groups (broad SMARTS) is 1. The summed E-state index contributed by atoms with van der Waals surface area (Å²) in [5, 5.41) is 15.2. The summed E-state index contributed by atoms with van der Waals surface area (Å²) in [5.74, 6) is -2.41. The molecule has 0 saturated carbocycles. The van der Waals surface area contributed by atoms with Crippen LogP contribution >= 0.6 is 11.3 Å². The number of amides is 4. The molecule has 0 bridgehead atoms. The number of imide groups is 1. The summed E-state index contributed by atoms with van der Waals surface area (Å²) in [7, 11) is 0. The molecule has 0 aromatic carbocycles. The van der Waals surface area contributed by atoms with E-state index in [0.29, 0.717) is 4.88 Å². The van der Waals surface area contributed by atoms with Crippen LogP contribution in [-0.4, -0.2) is 46.9 Å². The van der Waals surface area contributed by atoms with E-state index in [2.05, 4.69) is 10.6 Å². The van der Waals surface area contributed by atoms with Crippen LogP contribution in [0.5, 0.6) is 0 Å². The van der Waals surface area contributed by atoms with E-state index in [1.54, 1.807) is 17.5 Å². The SMILES string of the molecule is O=C1CN(C(=O)NC(C(=O)O)c2cccs2)CC(=O)N1. The second kappa shape index (κ2) is 5.70. The van der Waals surface area contributed by atoms with Crippen LogP contribution in [0, 0.1) is 0 Å². The first-order valence-corrected chi connectivity index (χ1v) is 6.49. The first kappa shape index (κ1) is 14.0. The van der Waals surface area contributed by atoms with Gasteiger partial charge in [-0.05, 0) is 11.4 Å². The van der Waals surface area contributed by atoms with Gasteiger partial charge in [-0.1, -0.05) is 6.07 Å². The number of hydrogen-bond acceptors (Lipinski definition) is 5. The minimum Gasteiger partial charge on any atom is -0.479 e. The number of nitrogens with zero attached hydrogens (tertiary/aromatic N) is 1. The van der Waals surface area contributed by atoms with Crippen LogP contribution in [-0.2, 0) is 14.4 Å². The van der Waals surface area contributed by atoms with E-state index in [4.69, 9.17) is 5.11 Å². The summed E-state index contributed by atoms with van der Waals surface area (Å²) in [6.07, 6.45) is 0. The highest BCUT2D eigenvalue weighted by Gasteiger charge is 2.30. The van der Waals surface area contributed by atoms with Crippen molar-refractivity contribution in [1.82, 2.24) is 15.5 Å². The highest BCUT2D eigenvalue weighted by atomic mass is 32.1. The molecule has 1 atom stereocenters. The molecule has 4 amide bonds. The Morgan fingerprint density at radius 2 is 2.00 bits per heavy atom. The standard InChI is InChI=1S/C11H11N3O5S/c15-7-4-14(5-8(16)12-7)11(19)13-9(10(17)18)6-2-1-3-20-6/h1-3,9H,4-5H2,(H,13,19)(H,17,18)(H,12,15,16). The first-order valence-electron chi connectivity index (χ1n) is 5.61. The van der Waals surface area contributed by atoms with Gasteiger partial charge in [-0.25, -0.2) is 9.59 Å². The summed E-state index contributed by atoms with van der Waals surface area (Å²) >= 11 is 1.19. The van der Waals surface area contributed by atoms with Crippen LogP contribution in [0.4, 0.5) is 4.79 Å². The molecule has 20 heavy (non-hydrogen) atoms. The van der Waals surface area contributed by atoms with Crippen molar-refractivity contribution in [1.29, 1.82) is 0 Å². The number of rotatable bonds is 3. The van der Waals surface area contributed by atoms with Gasteiger partial charge in [-0.3, -0.25) is 14.9 Å². The van der Waals surface area contributed by atoms with Crippen molar-refractivity contribution in [2.45, 2.75) is 6.04 Å². The smallest absolute Gasteiger partial charge is 0.331 e. The maximum Gasteiger partial charge on any atom is 0.331 e. The van der Waals surface area contributed by atoms with E-state index in [1.165, 1.54) is 11.3 Å². The van der Waals surface area contributed by atoms with Gasteiger partial charge in [0.25, 0.3) is 0 Å². The zero-order valence-corrected chi connectivity index (χ0v) is 11.0. The third-order valence-corrected chi connectivity index (χ3v) is 3.51. The fourth-order valence-corrected chi connectivity index (χ4v) is 2.47. The molecule has 9 heteroatoms. The lowest BCUT2D eigenvalue weighted by Gasteiger charge is -2.26. The number of nitrogens with one attached hydrogen (secondary N) is 2. The molecule has 1 aliphatic heterocycles. The molecule has 8 nitrogen and oxygen atoms in total. The summed E-state index contributed by atoms with van der Waals surface area (Å²) in [4.78, 5) is 46.9. The van der Waals surface area contributed by atoms with Gasteiger partial charge in [0.2, 0.25) is 11.8 Å². The highest BCUT2D eigenvalue weighted by Crippen LogP contribution is 2.19. The molecule has 0 aliphatic carbocycles. The van der Waals surface area contributed by atoms with E-state index in [1.807, 2.05) is 0 Å². The number of urea groups is 1. The van der Waals surface area contributed by atoms with Crippen molar-refractivity contribution >= 4 is 35.2 Å². The molecule has 1 aromatic rings. The number of carbonyl (C=O) groups excluding carboxylic acids is 3. The van der Waals surface area contributed by atoms with E-state index >= 15 is 0 Å². The molecule has 0 radical (unpaired) electrons. The molecule has 1 fully saturated rings. The lowest BCUT2D eigenvalue weighted by atomic mass is 10.2. The second-order valence-corrected chi connectivity index (χ2v) is 5.04. The topological polar surface area (TPSA) is 116 Å². The van der Waals surface area contributed by atoms with Gasteiger partial charge in [-0.15, -0.1) is 11.3 Å². The van der Waals surface area contributed by atoms with Crippen molar-refractivity contribution in [3.05, 3.63) is 22.4 Å². The Morgan fingerprint density at radius 3 is 2.50 bits per heavy atom. The van der Waals surface area contributed by atoms with Crippen LogP contribution < -0.4 is 10.6 Å². The summed E-state index contributed by atoms with van der Waals surface area (Å²) < 4.78 is 0. The van der Waals surface area contributed by atoms with Gasteiger partial charge in [0, 0.05) is 4.88 Å². The van der Waals surface area contributed by atoms with Gasteiger partial charge in [0.05, 0.1) is 0 Å². The van der Waals surface area contributed by atoms with Crippen LogP contribution in [0.2, 0.25) is 0 Å². The summed E-state index contributed by atoms with van der Waals surface area (Å²) in [6.45, 7) is -0.567. The van der Waals surface area contributed by atoms with Gasteiger partial charge >= 0.3 is 12.0 Å². The third-order valence-electron chi connectivity index (χ3n) is 2.58. The zero-order chi connectivity index (χ0) is 14.7. The highest BCUT2D eigenvalue weighted by molar-refractivity contribution is 7.10. The zero-order valence-electron chi connectivity index (χ0n) is 10.2. The van der Waals surface area contributed by atoms with E-state index in [0.717, 1.165) is 4.90 Å². The summed E-state index contributed by atoms with van der Waals surface area (Å²) in [5.41, 5.74) is 0. The van der Waals surface area contributed by atoms with E-state index < -0.39 is 29.9 Å². The minimum atomic E-state index is -1.21. The summed E-state index contributed by atoms with van der Waals surface area (Å²) in [6, 6.07) is 1.27. The Bertz CT molecular complexity index is 540. The second-order valence-electron chi connectivity index (χ2n) is 4.06. The number of thiophene rings is 1. The van der Waals surface area contributed by atoms with Crippen molar-refractivity contribution in [3.8, 4) is 0 Å². The van der Waals surface area contributed by atoms with Gasteiger partial charge in [-0.2, -0.15) is 0 Å². The largest absolute Gasteiger partial charge is 0.479 e. The van der Waals surface area contributed by atoms with E-state index in [-0.39, 0.29) is 13.1 Å². The van der Waals surface area contributed by atoms with Crippen LogP contribution in [0.15, 0.2) is 17.5 Å². The Hall–Kier alpha value is -2.42. The Balaban J connectivity index is 2.07. The Labute approximate surface area is 117 Å². The molecule has 0 spiro atoms. The number of aliphatic carboxylic acids is 1. The molecule has 1 aliphatic rings. The molecule has 1 aromatic heterocycles. The fraction of sp³-hybridized carbons (Fsp3) is 0.273. The quantitative estimate of drug-likeness (QED) is 0.653. The van der Waals surface area contributed by atoms with Crippen LogP contribution in [0.3, 0.4) is 0 Å². The van der Waals surface area contributed by atoms with Gasteiger partial charge in [0.1, 0.15) is 13.1 Å². The molecule has 2 heterocycles. The molecule has 3 N–H and O–H groups in total. The number of piperazine rings is 1. The third kappa shape index (κ3) is 3.12. The van der Waals surface area contributed by atoms with Crippen LogP contribution in [0.1, 0.15) is 10.9 Å². The van der Waals surface area contributed by atoms with Gasteiger partial charge < -0.3 is 15.3 Å². The maximum absolute atomic E-state index is 11.9. The predicted octanol–water partition coefficient (Wildman–Crippen LogP) is -0.458.